The van der Waals surface area contributed by atoms with E-state index in [-0.39, 0.29) is 17.2 Å². The maximum atomic E-state index is 12.1. The van der Waals surface area contributed by atoms with Gasteiger partial charge in [-0.05, 0) is 24.1 Å². The summed E-state index contributed by atoms with van der Waals surface area (Å²) in [4.78, 5) is 11.9. The van der Waals surface area contributed by atoms with E-state index in [0.717, 1.165) is 18.4 Å². The van der Waals surface area contributed by atoms with Crippen LogP contribution in [0.5, 0.6) is 0 Å². The van der Waals surface area contributed by atoms with Crippen LogP contribution in [-0.4, -0.2) is 20.7 Å². The van der Waals surface area contributed by atoms with Gasteiger partial charge in [-0.15, -0.1) is 0 Å². The molecule has 0 atom stereocenters. The van der Waals surface area contributed by atoms with Crippen molar-refractivity contribution in [3.8, 4) is 0 Å². The Kier molecular flexibility index (Phi) is 5.48. The van der Waals surface area contributed by atoms with Gasteiger partial charge in [0, 0.05) is 5.41 Å². The number of carbonyl (C=O) groups excluding carboxylic acids is 1. The van der Waals surface area contributed by atoms with Gasteiger partial charge >= 0.3 is 0 Å². The highest BCUT2D eigenvalue weighted by Gasteiger charge is 2.23. The lowest BCUT2D eigenvalue weighted by Gasteiger charge is -2.16. The standard InChI is InChI=1S/C15H23NO3S/c1-5-6-12-7-9-13(10-8-12)20(18,19)16-11-14(17)15(2,3)4/h7-10,16H,5-6,11H2,1-4H3. The zero-order chi connectivity index (χ0) is 15.4. The van der Waals surface area contributed by atoms with E-state index in [1.807, 2.05) is 12.1 Å². The Morgan fingerprint density at radius 2 is 1.70 bits per heavy atom. The molecule has 0 aliphatic rings. The van der Waals surface area contributed by atoms with Crippen molar-refractivity contribution in [3.05, 3.63) is 29.8 Å². The van der Waals surface area contributed by atoms with Crippen LogP contribution in [0.2, 0.25) is 0 Å². The lowest BCUT2D eigenvalue weighted by molar-refractivity contribution is -0.125. The van der Waals surface area contributed by atoms with Gasteiger partial charge in [0.2, 0.25) is 10.0 Å². The maximum Gasteiger partial charge on any atom is 0.240 e. The van der Waals surface area contributed by atoms with Gasteiger partial charge in [0.1, 0.15) is 0 Å². The van der Waals surface area contributed by atoms with E-state index in [0.29, 0.717) is 0 Å². The van der Waals surface area contributed by atoms with E-state index in [2.05, 4.69) is 11.6 Å². The molecule has 1 N–H and O–H groups in total. The summed E-state index contributed by atoms with van der Waals surface area (Å²) in [7, 11) is -3.62. The van der Waals surface area contributed by atoms with Crippen LogP contribution in [0.3, 0.4) is 0 Å². The molecule has 4 nitrogen and oxygen atoms in total. The van der Waals surface area contributed by atoms with Gasteiger partial charge in [0.25, 0.3) is 0 Å². The molecule has 0 bridgehead atoms. The first-order valence-electron chi connectivity index (χ1n) is 6.78. The largest absolute Gasteiger partial charge is 0.298 e. The summed E-state index contributed by atoms with van der Waals surface area (Å²) in [6.45, 7) is 7.20. The van der Waals surface area contributed by atoms with E-state index < -0.39 is 15.4 Å². The molecule has 0 saturated heterocycles. The molecule has 1 rings (SSSR count). The van der Waals surface area contributed by atoms with Gasteiger partial charge in [-0.1, -0.05) is 46.2 Å². The third-order valence-corrected chi connectivity index (χ3v) is 4.45. The second-order valence-electron chi connectivity index (χ2n) is 5.89. The minimum Gasteiger partial charge on any atom is -0.298 e. The van der Waals surface area contributed by atoms with Gasteiger partial charge in [0.15, 0.2) is 5.78 Å². The summed E-state index contributed by atoms with van der Waals surface area (Å²) in [6.07, 6.45) is 1.95. The summed E-state index contributed by atoms with van der Waals surface area (Å²) >= 11 is 0. The fraction of sp³-hybridized carbons (Fsp3) is 0.533. The minimum atomic E-state index is -3.62. The monoisotopic (exact) mass is 297 g/mol. The molecule has 1 aromatic carbocycles. The number of Topliss-reactive ketones (excluding diaryl/α,β-unsaturated/α-hetero) is 1. The third-order valence-electron chi connectivity index (χ3n) is 3.03. The van der Waals surface area contributed by atoms with Gasteiger partial charge in [0.05, 0.1) is 11.4 Å². The van der Waals surface area contributed by atoms with Crippen LogP contribution in [0.4, 0.5) is 0 Å². The Hall–Kier alpha value is -1.20. The van der Waals surface area contributed by atoms with Crippen molar-refractivity contribution in [2.24, 2.45) is 5.41 Å². The number of aryl methyl sites for hydroxylation is 1. The lowest BCUT2D eigenvalue weighted by Crippen LogP contribution is -2.35. The Bertz CT molecular complexity index is 554. The Morgan fingerprint density at radius 1 is 1.15 bits per heavy atom. The molecule has 0 aliphatic heterocycles. The average molecular weight is 297 g/mol. The van der Waals surface area contributed by atoms with Crippen LogP contribution in [-0.2, 0) is 21.2 Å². The summed E-state index contributed by atoms with van der Waals surface area (Å²) < 4.78 is 26.5. The van der Waals surface area contributed by atoms with E-state index in [1.165, 1.54) is 0 Å². The number of sulfonamides is 1. The molecule has 0 unspecified atom stereocenters. The molecule has 0 fully saturated rings. The normalized spacial score (nSPS) is 12.4. The summed E-state index contributed by atoms with van der Waals surface area (Å²) in [5.41, 5.74) is 0.560. The van der Waals surface area contributed by atoms with Gasteiger partial charge in [-0.2, -0.15) is 0 Å². The molecule has 5 heteroatoms. The first kappa shape index (κ1) is 16.9. The molecule has 20 heavy (non-hydrogen) atoms. The number of carbonyl (C=O) groups is 1. The summed E-state index contributed by atoms with van der Waals surface area (Å²) in [6, 6.07) is 6.77. The number of benzene rings is 1. The predicted octanol–water partition coefficient (Wildman–Crippen LogP) is 2.53. The van der Waals surface area contributed by atoms with E-state index in [9.17, 15) is 13.2 Å². The second-order valence-corrected chi connectivity index (χ2v) is 7.66. The molecule has 0 radical (unpaired) electrons. The van der Waals surface area contributed by atoms with Crippen molar-refractivity contribution in [3.63, 3.8) is 0 Å². The number of ketones is 1. The number of hydrogen-bond donors (Lipinski definition) is 1. The highest BCUT2D eigenvalue weighted by molar-refractivity contribution is 7.89. The molecule has 0 aromatic heterocycles. The van der Waals surface area contributed by atoms with Crippen molar-refractivity contribution < 1.29 is 13.2 Å². The SMILES string of the molecule is CCCc1ccc(S(=O)(=O)NCC(=O)C(C)(C)C)cc1. The molecule has 0 saturated carbocycles. The predicted molar refractivity (Wildman–Crippen MR) is 80.1 cm³/mol. The van der Waals surface area contributed by atoms with E-state index in [4.69, 9.17) is 0 Å². The van der Waals surface area contributed by atoms with Crippen molar-refractivity contribution in [1.82, 2.24) is 4.72 Å². The minimum absolute atomic E-state index is 0.135. The summed E-state index contributed by atoms with van der Waals surface area (Å²) in [5.74, 6) is -0.135. The van der Waals surface area contributed by atoms with Crippen molar-refractivity contribution in [1.29, 1.82) is 0 Å². The van der Waals surface area contributed by atoms with Crippen molar-refractivity contribution in [2.75, 3.05) is 6.54 Å². The Labute approximate surface area is 121 Å². The first-order valence-corrected chi connectivity index (χ1v) is 8.27. The number of rotatable bonds is 6. The maximum absolute atomic E-state index is 12.1. The van der Waals surface area contributed by atoms with Crippen LogP contribution in [0, 0.1) is 5.41 Å². The smallest absolute Gasteiger partial charge is 0.240 e. The van der Waals surface area contributed by atoms with Crippen LogP contribution in [0.25, 0.3) is 0 Å². The van der Waals surface area contributed by atoms with Crippen LogP contribution in [0.1, 0.15) is 39.7 Å². The fourth-order valence-corrected chi connectivity index (χ4v) is 2.62. The Balaban J connectivity index is 2.76. The van der Waals surface area contributed by atoms with E-state index in [1.54, 1.807) is 32.9 Å². The van der Waals surface area contributed by atoms with Gasteiger partial charge in [-0.25, -0.2) is 13.1 Å². The second kappa shape index (κ2) is 6.50. The molecular formula is C15H23NO3S. The molecular weight excluding hydrogens is 274 g/mol. The van der Waals surface area contributed by atoms with Crippen LogP contribution in [0.15, 0.2) is 29.2 Å². The highest BCUT2D eigenvalue weighted by atomic mass is 32.2. The molecule has 0 aliphatic carbocycles. The topological polar surface area (TPSA) is 63.2 Å². The highest BCUT2D eigenvalue weighted by Crippen LogP contribution is 2.15. The Morgan fingerprint density at radius 3 is 2.15 bits per heavy atom. The van der Waals surface area contributed by atoms with Crippen molar-refractivity contribution >= 4 is 15.8 Å². The molecule has 0 heterocycles. The van der Waals surface area contributed by atoms with Gasteiger partial charge < -0.3 is 0 Å². The third kappa shape index (κ3) is 4.72. The summed E-state index contributed by atoms with van der Waals surface area (Å²) in [5, 5.41) is 0. The van der Waals surface area contributed by atoms with Crippen molar-refractivity contribution in [2.45, 2.75) is 45.4 Å². The molecule has 1 aromatic rings. The fourth-order valence-electron chi connectivity index (χ4n) is 1.63. The number of nitrogens with one attached hydrogen (secondary N) is 1. The first-order chi connectivity index (χ1) is 9.16. The molecule has 0 spiro atoms. The molecule has 112 valence electrons. The number of hydrogen-bond acceptors (Lipinski definition) is 3. The van der Waals surface area contributed by atoms with Crippen LogP contribution < -0.4 is 4.72 Å². The zero-order valence-electron chi connectivity index (χ0n) is 12.6. The van der Waals surface area contributed by atoms with Crippen LogP contribution >= 0.6 is 0 Å². The van der Waals surface area contributed by atoms with Gasteiger partial charge in [-0.3, -0.25) is 4.79 Å². The quantitative estimate of drug-likeness (QED) is 0.877. The average Bonchev–Trinajstić information content (AvgIpc) is 2.36. The molecule has 0 amide bonds. The van der Waals surface area contributed by atoms with E-state index >= 15 is 0 Å². The lowest BCUT2D eigenvalue weighted by atomic mass is 9.91. The zero-order valence-corrected chi connectivity index (χ0v) is 13.4.